The Labute approximate surface area is 131 Å². The number of allylic oxidation sites excluding steroid dienone is 3. The van der Waals surface area contributed by atoms with Gasteiger partial charge < -0.3 is 0 Å². The Morgan fingerprint density at radius 2 is 2.29 bits per heavy atom. The monoisotopic (exact) mass is 294 g/mol. The lowest BCUT2D eigenvalue weighted by molar-refractivity contribution is 0.196. The van der Waals surface area contributed by atoms with Crippen LogP contribution in [0.15, 0.2) is 48.6 Å². The molecule has 2 aliphatic rings. The molecule has 1 aliphatic heterocycles. The minimum absolute atomic E-state index is 0.326. The number of likely N-dealkylation sites (N-methyl/N-ethyl adjacent to an activating group) is 1. The largest absolute Gasteiger partial charge is 0.288 e. The van der Waals surface area contributed by atoms with E-state index in [1.54, 1.807) is 0 Å². The molecule has 0 saturated carbocycles. The first-order valence-electron chi connectivity index (χ1n) is 7.04. The Bertz CT molecular complexity index is 723. The second kappa shape index (κ2) is 4.91. The third-order valence-corrected chi connectivity index (χ3v) is 5.33. The van der Waals surface area contributed by atoms with Crippen LogP contribution in [0.3, 0.4) is 0 Å². The third-order valence-electron chi connectivity index (χ3n) is 4.61. The molecule has 1 aromatic carbocycles. The average molecular weight is 294 g/mol. The van der Waals surface area contributed by atoms with E-state index in [2.05, 4.69) is 49.4 Å². The number of thiol groups is 1. The summed E-state index contributed by atoms with van der Waals surface area (Å²) in [4.78, 5) is 1.96. The van der Waals surface area contributed by atoms with Crippen LogP contribution in [0, 0.1) is 11.3 Å². The zero-order valence-corrected chi connectivity index (χ0v) is 13.1. The van der Waals surface area contributed by atoms with Crippen molar-refractivity contribution >= 4 is 18.2 Å². The summed E-state index contributed by atoms with van der Waals surface area (Å²) in [5.74, 6) is 0. The lowest BCUT2D eigenvalue weighted by atomic mass is 9.75. The molecule has 3 heteroatoms. The fourth-order valence-corrected chi connectivity index (χ4v) is 4.02. The zero-order valence-electron chi connectivity index (χ0n) is 12.2. The number of hydrogen-bond donors (Lipinski definition) is 1. The number of nitrogens with zero attached hydrogens (tertiary/aromatic N) is 2. The van der Waals surface area contributed by atoms with Crippen molar-refractivity contribution in [3.8, 4) is 6.07 Å². The van der Waals surface area contributed by atoms with Gasteiger partial charge in [0.15, 0.2) is 0 Å². The average Bonchev–Trinajstić information content (AvgIpc) is 2.50. The Morgan fingerprint density at radius 3 is 2.95 bits per heavy atom. The third kappa shape index (κ3) is 1.91. The summed E-state index contributed by atoms with van der Waals surface area (Å²) in [7, 11) is 2.11. The number of rotatable bonds is 2. The van der Waals surface area contributed by atoms with E-state index in [4.69, 9.17) is 12.6 Å². The van der Waals surface area contributed by atoms with E-state index in [9.17, 15) is 5.26 Å². The number of nitriles is 1. The van der Waals surface area contributed by atoms with Gasteiger partial charge in [0.1, 0.15) is 0 Å². The molecule has 2 nitrogen and oxygen atoms in total. The normalized spacial score (nSPS) is 24.2. The fourth-order valence-electron chi connectivity index (χ4n) is 3.49. The summed E-state index contributed by atoms with van der Waals surface area (Å²) >= 11 is 5.03. The van der Waals surface area contributed by atoms with Gasteiger partial charge >= 0.3 is 0 Å². The molecule has 0 N–H and O–H groups in total. The van der Waals surface area contributed by atoms with Crippen LogP contribution in [0.4, 0.5) is 0 Å². The van der Waals surface area contributed by atoms with Crippen molar-refractivity contribution in [2.24, 2.45) is 0 Å². The van der Waals surface area contributed by atoms with Crippen molar-refractivity contribution in [2.45, 2.75) is 17.7 Å². The molecule has 1 aliphatic carbocycles. The highest BCUT2D eigenvalue weighted by Gasteiger charge is 2.43. The van der Waals surface area contributed by atoms with Gasteiger partial charge in [-0.1, -0.05) is 37.4 Å². The summed E-state index contributed by atoms with van der Waals surface area (Å²) < 4.78 is 0. The predicted octanol–water partition coefficient (Wildman–Crippen LogP) is 3.68. The van der Waals surface area contributed by atoms with Crippen LogP contribution >= 0.6 is 12.6 Å². The van der Waals surface area contributed by atoms with Gasteiger partial charge in [-0.05, 0) is 35.7 Å². The van der Waals surface area contributed by atoms with Crippen molar-refractivity contribution in [3.05, 3.63) is 65.3 Å². The Morgan fingerprint density at radius 1 is 1.52 bits per heavy atom. The molecule has 1 aromatic rings. The maximum Gasteiger partial charge on any atom is 0.0991 e. The van der Waals surface area contributed by atoms with E-state index in [1.807, 2.05) is 6.08 Å². The Balaban J connectivity index is 2.36. The highest BCUT2D eigenvalue weighted by Crippen LogP contribution is 2.51. The van der Waals surface area contributed by atoms with Gasteiger partial charge in [-0.25, -0.2) is 0 Å². The van der Waals surface area contributed by atoms with Gasteiger partial charge in [-0.15, -0.1) is 0 Å². The summed E-state index contributed by atoms with van der Waals surface area (Å²) in [5, 5.41) is 9.30. The molecule has 106 valence electrons. The van der Waals surface area contributed by atoms with E-state index >= 15 is 0 Å². The minimum Gasteiger partial charge on any atom is -0.288 e. The molecule has 0 fully saturated rings. The molecule has 0 bridgehead atoms. The van der Waals surface area contributed by atoms with E-state index in [0.29, 0.717) is 5.57 Å². The van der Waals surface area contributed by atoms with Crippen LogP contribution in [0.1, 0.15) is 23.1 Å². The van der Waals surface area contributed by atoms with Gasteiger partial charge in [0.05, 0.1) is 16.5 Å². The van der Waals surface area contributed by atoms with Crippen molar-refractivity contribution < 1.29 is 0 Å². The molecule has 0 radical (unpaired) electrons. The lowest BCUT2D eigenvalue weighted by Gasteiger charge is -2.47. The molecule has 3 rings (SSSR count). The molecule has 21 heavy (non-hydrogen) atoms. The van der Waals surface area contributed by atoms with Crippen molar-refractivity contribution in [1.82, 2.24) is 4.90 Å². The van der Waals surface area contributed by atoms with Crippen LogP contribution in [-0.2, 0) is 11.3 Å². The zero-order chi connectivity index (χ0) is 15.2. The molecule has 1 heterocycles. The quantitative estimate of drug-likeness (QED) is 0.665. The number of hydrogen-bond acceptors (Lipinski definition) is 3. The second-order valence-corrected chi connectivity index (χ2v) is 6.44. The van der Waals surface area contributed by atoms with Gasteiger partial charge in [0, 0.05) is 18.5 Å². The van der Waals surface area contributed by atoms with E-state index in [-0.39, 0.29) is 4.87 Å². The van der Waals surface area contributed by atoms with Gasteiger partial charge in [-0.3, -0.25) is 4.90 Å². The van der Waals surface area contributed by atoms with Crippen LogP contribution < -0.4 is 0 Å². The standard InChI is InChI=1S/C18H18N2S/c1-4-13-10-18(21)17-14(8-9-20(18)3)6-5-7-15(17)16(13)12(2)11-19/h4-7,21H,1-2,8-10H2,3H3/t18-/m0/s1. The Kier molecular flexibility index (Phi) is 3.32. The Hall–Kier alpha value is -1.76. The maximum absolute atomic E-state index is 9.30. The molecule has 0 spiro atoms. The first-order valence-corrected chi connectivity index (χ1v) is 7.49. The molecule has 0 amide bonds. The van der Waals surface area contributed by atoms with Gasteiger partial charge in [0.25, 0.3) is 0 Å². The maximum atomic E-state index is 9.30. The molecule has 1 atom stereocenters. The molecular weight excluding hydrogens is 276 g/mol. The van der Waals surface area contributed by atoms with Gasteiger partial charge in [-0.2, -0.15) is 17.9 Å². The van der Waals surface area contributed by atoms with Crippen molar-refractivity contribution in [1.29, 1.82) is 5.26 Å². The van der Waals surface area contributed by atoms with Crippen molar-refractivity contribution in [2.75, 3.05) is 13.6 Å². The van der Waals surface area contributed by atoms with E-state index < -0.39 is 0 Å². The smallest absolute Gasteiger partial charge is 0.0991 e. The molecule has 0 unspecified atom stereocenters. The number of benzene rings is 1. The highest BCUT2D eigenvalue weighted by molar-refractivity contribution is 7.81. The summed E-state index contributed by atoms with van der Waals surface area (Å²) in [5.41, 5.74) is 6.13. The predicted molar refractivity (Wildman–Crippen MR) is 89.9 cm³/mol. The van der Waals surface area contributed by atoms with Crippen LogP contribution in [0.25, 0.3) is 5.57 Å². The second-order valence-electron chi connectivity index (χ2n) is 5.70. The summed E-state index contributed by atoms with van der Waals surface area (Å²) in [6.45, 7) is 8.84. The van der Waals surface area contributed by atoms with Crippen LogP contribution in [-0.4, -0.2) is 18.5 Å². The molecule has 0 aromatic heterocycles. The molecular formula is C18H18N2S. The highest BCUT2D eigenvalue weighted by atomic mass is 32.1. The van der Waals surface area contributed by atoms with E-state index in [1.165, 1.54) is 11.1 Å². The van der Waals surface area contributed by atoms with Crippen molar-refractivity contribution in [3.63, 3.8) is 0 Å². The fraction of sp³-hybridized carbons (Fsp3) is 0.278. The van der Waals surface area contributed by atoms with Crippen LogP contribution in [0.5, 0.6) is 0 Å². The summed E-state index contributed by atoms with van der Waals surface area (Å²) in [6.07, 6.45) is 3.60. The van der Waals surface area contributed by atoms with Crippen LogP contribution in [0.2, 0.25) is 0 Å². The molecule has 0 saturated heterocycles. The SMILES string of the molecule is C=CC1=C(C(=C)C#N)c2cccc3c2[C@@](S)(C1)N(C)CC3. The topological polar surface area (TPSA) is 27.0 Å². The first-order chi connectivity index (χ1) is 10.0. The van der Waals surface area contributed by atoms with E-state index in [0.717, 1.165) is 36.1 Å². The minimum atomic E-state index is -0.326. The first kappa shape index (κ1) is 14.2. The lowest BCUT2D eigenvalue weighted by Crippen LogP contribution is -2.46. The summed E-state index contributed by atoms with van der Waals surface area (Å²) in [6, 6.07) is 8.50. The van der Waals surface area contributed by atoms with Gasteiger partial charge in [0.2, 0.25) is 0 Å².